The zero-order valence-corrected chi connectivity index (χ0v) is 22.0. The second-order valence-electron chi connectivity index (χ2n) is 13.5. The van der Waals surface area contributed by atoms with Crippen LogP contribution in [0.2, 0.25) is 0 Å². The minimum atomic E-state index is -0.809. The summed E-state index contributed by atoms with van der Waals surface area (Å²) in [5, 5.41) is 10.8. The Morgan fingerprint density at radius 2 is 1.62 bits per heavy atom. The van der Waals surface area contributed by atoms with Gasteiger partial charge in [0.25, 0.3) is 0 Å². The van der Waals surface area contributed by atoms with E-state index in [-0.39, 0.29) is 16.2 Å². The van der Waals surface area contributed by atoms with Gasteiger partial charge in [0.2, 0.25) is 5.91 Å². The molecule has 2 unspecified atom stereocenters. The molecule has 1 aliphatic heterocycles. The van der Waals surface area contributed by atoms with Crippen LogP contribution in [-0.2, 0) is 20.4 Å². The van der Waals surface area contributed by atoms with E-state index >= 15 is 0 Å². The summed E-state index contributed by atoms with van der Waals surface area (Å²) in [6.07, 6.45) is 7.63. The van der Waals surface area contributed by atoms with Crippen molar-refractivity contribution in [2.75, 3.05) is 7.05 Å². The summed E-state index contributed by atoms with van der Waals surface area (Å²) in [7, 11) is 2.00. The van der Waals surface area contributed by atoms with Crippen LogP contribution < -0.4 is 0 Å². The van der Waals surface area contributed by atoms with Crippen molar-refractivity contribution in [3.8, 4) is 0 Å². The zero-order chi connectivity index (χ0) is 24.7. The quantitative estimate of drug-likeness (QED) is 0.568. The number of amides is 1. The standard InChI is InChI=1S/C30H43NO3/c1-27(2,3)19-7-9-20(10-8-19)30(26(33)34)18-14-23-21-11-12-24-28(4,16-15-25(32)31(24)6)22(21)13-17-29(23,30)5/h7-10,21-24H,11-18H2,1-6H3,(H,33,34)/t21-,22-,23+,24?,28-,29+,30?/m1/s1. The van der Waals surface area contributed by atoms with Crippen LogP contribution >= 0.6 is 0 Å². The highest BCUT2D eigenvalue weighted by Gasteiger charge is 2.68. The number of piperidine rings is 1. The van der Waals surface area contributed by atoms with Crippen molar-refractivity contribution in [3.63, 3.8) is 0 Å². The number of likely N-dealkylation sites (tertiary alicyclic amines) is 1. The van der Waals surface area contributed by atoms with Crippen molar-refractivity contribution in [2.45, 2.75) is 103 Å². The molecule has 1 aromatic carbocycles. The highest BCUT2D eigenvalue weighted by atomic mass is 16.4. The molecule has 5 rings (SSSR count). The second kappa shape index (κ2) is 7.58. The Bertz CT molecular complexity index is 993. The Hall–Kier alpha value is -1.84. The summed E-state index contributed by atoms with van der Waals surface area (Å²) >= 11 is 0. The predicted molar refractivity (Wildman–Crippen MR) is 135 cm³/mol. The van der Waals surface area contributed by atoms with Gasteiger partial charge in [0.1, 0.15) is 0 Å². The molecular weight excluding hydrogens is 422 g/mol. The predicted octanol–water partition coefficient (Wildman–Crippen LogP) is 6.17. The van der Waals surface area contributed by atoms with E-state index in [0.717, 1.165) is 50.5 Å². The average molecular weight is 466 g/mol. The highest BCUT2D eigenvalue weighted by molar-refractivity contribution is 5.83. The van der Waals surface area contributed by atoms with Gasteiger partial charge in [-0.1, -0.05) is 58.9 Å². The number of hydrogen-bond donors (Lipinski definition) is 1. The molecule has 4 heteroatoms. The van der Waals surface area contributed by atoms with E-state index < -0.39 is 11.4 Å². The van der Waals surface area contributed by atoms with Crippen molar-refractivity contribution in [3.05, 3.63) is 35.4 Å². The van der Waals surface area contributed by atoms with Gasteiger partial charge in [-0.25, -0.2) is 0 Å². The molecule has 0 aromatic heterocycles. The van der Waals surface area contributed by atoms with Crippen molar-refractivity contribution in [1.82, 2.24) is 4.90 Å². The lowest BCUT2D eigenvalue weighted by Gasteiger charge is -2.62. The largest absolute Gasteiger partial charge is 0.481 e. The molecule has 0 spiro atoms. The first-order valence-electron chi connectivity index (χ1n) is 13.5. The summed E-state index contributed by atoms with van der Waals surface area (Å²) in [6, 6.07) is 8.89. The third kappa shape index (κ3) is 3.02. The number of hydrogen-bond acceptors (Lipinski definition) is 2. The van der Waals surface area contributed by atoms with Gasteiger partial charge in [-0.15, -0.1) is 0 Å². The van der Waals surface area contributed by atoms with Crippen LogP contribution in [0.25, 0.3) is 0 Å². The van der Waals surface area contributed by atoms with E-state index in [4.69, 9.17) is 0 Å². The van der Waals surface area contributed by atoms with Crippen LogP contribution in [0.15, 0.2) is 24.3 Å². The zero-order valence-electron chi connectivity index (χ0n) is 22.0. The SMILES string of the molecule is CN1C(=O)CC[C@@]2(C)C1CC[C@@H]1[C@H]2CC[C@@]2(C)[C@H]1CCC2(C(=O)O)c1ccc(C(C)(C)C)cc1. The first kappa shape index (κ1) is 23.9. The molecule has 1 amide bonds. The van der Waals surface area contributed by atoms with Crippen molar-refractivity contribution in [2.24, 2.45) is 28.6 Å². The average Bonchev–Trinajstić information content (AvgIpc) is 3.10. The second-order valence-corrected chi connectivity index (χ2v) is 13.5. The van der Waals surface area contributed by atoms with Gasteiger partial charge >= 0.3 is 5.97 Å². The molecule has 1 aromatic rings. The molecule has 186 valence electrons. The van der Waals surface area contributed by atoms with Crippen LogP contribution in [0, 0.1) is 28.6 Å². The van der Waals surface area contributed by atoms with Crippen LogP contribution in [0.5, 0.6) is 0 Å². The third-order valence-electron chi connectivity index (χ3n) is 11.4. The molecule has 1 heterocycles. The molecule has 1 saturated heterocycles. The monoisotopic (exact) mass is 465 g/mol. The number of aliphatic carboxylic acids is 1. The highest BCUT2D eigenvalue weighted by Crippen LogP contribution is 2.70. The van der Waals surface area contributed by atoms with Crippen molar-refractivity contribution < 1.29 is 14.7 Å². The summed E-state index contributed by atoms with van der Waals surface area (Å²) < 4.78 is 0. The van der Waals surface area contributed by atoms with Gasteiger partial charge in [0.15, 0.2) is 0 Å². The minimum absolute atomic E-state index is 0.0533. The van der Waals surface area contributed by atoms with Gasteiger partial charge in [0, 0.05) is 19.5 Å². The Labute approximate surface area is 205 Å². The fourth-order valence-electron chi connectivity index (χ4n) is 9.39. The number of carbonyl (C=O) groups is 2. The maximum atomic E-state index is 13.2. The molecule has 1 N–H and O–H groups in total. The van der Waals surface area contributed by atoms with Gasteiger partial charge in [0.05, 0.1) is 5.41 Å². The summed E-state index contributed by atoms with van der Waals surface area (Å²) in [6.45, 7) is 11.4. The number of benzene rings is 1. The van der Waals surface area contributed by atoms with E-state index in [2.05, 4.69) is 58.9 Å². The van der Waals surface area contributed by atoms with Gasteiger partial charge < -0.3 is 10.0 Å². The maximum absolute atomic E-state index is 13.2. The molecule has 3 saturated carbocycles. The Balaban J connectivity index is 1.51. The molecule has 4 fully saturated rings. The lowest BCUT2D eigenvalue weighted by Crippen LogP contribution is -2.62. The number of carboxylic acid groups (broad SMARTS) is 1. The fraction of sp³-hybridized carbons (Fsp3) is 0.733. The topological polar surface area (TPSA) is 57.6 Å². The summed E-state index contributed by atoms with van der Waals surface area (Å²) in [5.41, 5.74) is 1.42. The Morgan fingerprint density at radius 3 is 2.24 bits per heavy atom. The smallest absolute Gasteiger partial charge is 0.314 e. The molecule has 34 heavy (non-hydrogen) atoms. The Morgan fingerprint density at radius 1 is 0.971 bits per heavy atom. The number of rotatable bonds is 2. The lowest BCUT2D eigenvalue weighted by molar-refractivity contribution is -0.165. The molecule has 0 bridgehead atoms. The Kier molecular flexibility index (Phi) is 5.32. The van der Waals surface area contributed by atoms with Gasteiger partial charge in [-0.05, 0) is 90.1 Å². The number of carboxylic acids is 1. The maximum Gasteiger partial charge on any atom is 0.314 e. The van der Waals surface area contributed by atoms with Crippen molar-refractivity contribution >= 4 is 11.9 Å². The molecule has 4 nitrogen and oxygen atoms in total. The normalized spacial score (nSPS) is 42.1. The summed E-state index contributed by atoms with van der Waals surface area (Å²) in [5.74, 6) is 1.25. The lowest BCUT2D eigenvalue weighted by atomic mass is 9.44. The number of carbonyl (C=O) groups excluding carboxylic acids is 1. The van der Waals surface area contributed by atoms with E-state index in [1.807, 2.05) is 11.9 Å². The first-order valence-corrected chi connectivity index (χ1v) is 13.5. The van der Waals surface area contributed by atoms with E-state index in [1.165, 1.54) is 5.56 Å². The van der Waals surface area contributed by atoms with E-state index in [1.54, 1.807) is 0 Å². The van der Waals surface area contributed by atoms with Crippen LogP contribution in [0.4, 0.5) is 0 Å². The van der Waals surface area contributed by atoms with Gasteiger partial charge in [-0.3, -0.25) is 9.59 Å². The third-order valence-corrected chi connectivity index (χ3v) is 11.4. The van der Waals surface area contributed by atoms with Crippen LogP contribution in [-0.4, -0.2) is 35.0 Å². The minimum Gasteiger partial charge on any atom is -0.481 e. The van der Waals surface area contributed by atoms with Gasteiger partial charge in [-0.2, -0.15) is 0 Å². The molecule has 4 aliphatic rings. The van der Waals surface area contributed by atoms with E-state index in [9.17, 15) is 14.7 Å². The molecule has 3 aliphatic carbocycles. The summed E-state index contributed by atoms with van der Waals surface area (Å²) in [4.78, 5) is 27.6. The van der Waals surface area contributed by atoms with Crippen molar-refractivity contribution in [1.29, 1.82) is 0 Å². The number of fused-ring (bicyclic) bond motifs is 5. The molecular formula is C30H43NO3. The van der Waals surface area contributed by atoms with Crippen LogP contribution in [0.3, 0.4) is 0 Å². The fourth-order valence-corrected chi connectivity index (χ4v) is 9.39. The molecule has 7 atom stereocenters. The number of nitrogens with zero attached hydrogens (tertiary/aromatic N) is 1. The van der Waals surface area contributed by atoms with E-state index in [0.29, 0.717) is 36.1 Å². The van der Waals surface area contributed by atoms with Crippen LogP contribution in [0.1, 0.15) is 97.1 Å². The first-order chi connectivity index (χ1) is 15.9. The molecule has 0 radical (unpaired) electrons.